The molecule has 1 aromatic heterocycles. The van der Waals surface area contributed by atoms with E-state index in [1.165, 1.54) is 12.8 Å². The van der Waals surface area contributed by atoms with Crippen molar-refractivity contribution in [3.8, 4) is 0 Å². The average Bonchev–Trinajstić information content (AvgIpc) is 3.22. The van der Waals surface area contributed by atoms with Crippen molar-refractivity contribution in [1.82, 2.24) is 15.0 Å². The topological polar surface area (TPSA) is 59.2 Å². The summed E-state index contributed by atoms with van der Waals surface area (Å²) in [7, 11) is 0. The molecule has 0 atom stereocenters. The van der Waals surface area contributed by atoms with Crippen molar-refractivity contribution in [3.63, 3.8) is 0 Å². The molecule has 2 heterocycles. The van der Waals surface area contributed by atoms with Crippen LogP contribution in [0.25, 0.3) is 0 Å². The third-order valence-electron chi connectivity index (χ3n) is 4.17. The van der Waals surface area contributed by atoms with E-state index in [9.17, 15) is 4.79 Å². The molecule has 0 bridgehead atoms. The predicted octanol–water partition coefficient (Wildman–Crippen LogP) is 2.23. The van der Waals surface area contributed by atoms with Crippen molar-refractivity contribution >= 4 is 5.78 Å². The number of likely N-dealkylation sites (tertiary alicyclic amines) is 1. The quantitative estimate of drug-likeness (QED) is 0.788. The van der Waals surface area contributed by atoms with E-state index in [4.69, 9.17) is 4.52 Å². The minimum atomic E-state index is 0.165. The summed E-state index contributed by atoms with van der Waals surface area (Å²) in [5, 5.41) is 4.04. The maximum Gasteiger partial charge on any atom is 0.232 e. The Morgan fingerprint density at radius 2 is 1.95 bits per heavy atom. The molecule has 5 heteroatoms. The van der Waals surface area contributed by atoms with Crippen molar-refractivity contribution < 1.29 is 9.32 Å². The number of nitrogens with zero attached hydrogens (tertiary/aromatic N) is 3. The fraction of sp³-hybridized carbons (Fsp3) is 0.438. The second kappa shape index (κ2) is 5.07. The minimum Gasteiger partial charge on any atom is -0.339 e. The Bertz CT molecular complexity index is 643. The number of carbonyl (C=O) groups excluding carboxylic acids is 1. The van der Waals surface area contributed by atoms with Gasteiger partial charge in [-0.05, 0) is 12.8 Å². The molecule has 1 saturated carbocycles. The Kier molecular flexibility index (Phi) is 3.07. The molecule has 21 heavy (non-hydrogen) atoms. The number of hydrogen-bond donors (Lipinski definition) is 0. The monoisotopic (exact) mass is 283 g/mol. The van der Waals surface area contributed by atoms with Crippen LogP contribution in [0.2, 0.25) is 0 Å². The highest BCUT2D eigenvalue weighted by atomic mass is 16.5. The van der Waals surface area contributed by atoms with Crippen LogP contribution in [0.5, 0.6) is 0 Å². The Labute approximate surface area is 123 Å². The summed E-state index contributed by atoms with van der Waals surface area (Å²) in [6.45, 7) is 2.11. The van der Waals surface area contributed by atoms with Gasteiger partial charge in [-0.25, -0.2) is 0 Å². The first-order valence-corrected chi connectivity index (χ1v) is 7.43. The molecule has 2 fully saturated rings. The van der Waals surface area contributed by atoms with Crippen LogP contribution in [0.4, 0.5) is 0 Å². The molecule has 108 valence electrons. The third-order valence-corrected chi connectivity index (χ3v) is 4.17. The lowest BCUT2D eigenvalue weighted by Crippen LogP contribution is -2.47. The van der Waals surface area contributed by atoms with Crippen molar-refractivity contribution in [3.05, 3.63) is 47.6 Å². The second-order valence-corrected chi connectivity index (χ2v) is 5.95. The first kappa shape index (κ1) is 12.7. The van der Waals surface area contributed by atoms with Crippen LogP contribution < -0.4 is 0 Å². The zero-order chi connectivity index (χ0) is 14.2. The molecular weight excluding hydrogens is 266 g/mol. The van der Waals surface area contributed by atoms with E-state index in [0.29, 0.717) is 12.5 Å². The predicted molar refractivity (Wildman–Crippen MR) is 76.2 cm³/mol. The molecule has 1 aliphatic carbocycles. The Balaban J connectivity index is 1.31. The van der Waals surface area contributed by atoms with Crippen molar-refractivity contribution in [1.29, 1.82) is 0 Å². The van der Waals surface area contributed by atoms with E-state index in [1.807, 2.05) is 30.3 Å². The fourth-order valence-electron chi connectivity index (χ4n) is 2.69. The SMILES string of the molecule is O=C(CN1CC(c2nc(C3CC3)no2)C1)c1ccccc1. The van der Waals surface area contributed by atoms with Gasteiger partial charge in [0.15, 0.2) is 11.6 Å². The average molecular weight is 283 g/mol. The first-order chi connectivity index (χ1) is 10.3. The summed E-state index contributed by atoms with van der Waals surface area (Å²) in [5.41, 5.74) is 0.773. The Hall–Kier alpha value is -2.01. The van der Waals surface area contributed by atoms with E-state index in [1.54, 1.807) is 0 Å². The van der Waals surface area contributed by atoms with Gasteiger partial charge in [0.1, 0.15) is 0 Å². The highest BCUT2D eigenvalue weighted by Gasteiger charge is 2.35. The molecule has 0 amide bonds. The van der Waals surface area contributed by atoms with E-state index in [2.05, 4.69) is 15.0 Å². The van der Waals surface area contributed by atoms with Gasteiger partial charge in [0.25, 0.3) is 0 Å². The summed E-state index contributed by atoms with van der Waals surface area (Å²) in [4.78, 5) is 18.7. The summed E-state index contributed by atoms with van der Waals surface area (Å²) < 4.78 is 5.34. The summed E-state index contributed by atoms with van der Waals surface area (Å²) in [5.74, 6) is 2.58. The minimum absolute atomic E-state index is 0.165. The number of rotatable bonds is 5. The number of Topliss-reactive ketones (excluding diaryl/α,β-unsaturated/α-hetero) is 1. The summed E-state index contributed by atoms with van der Waals surface area (Å²) in [6.07, 6.45) is 2.36. The number of hydrogen-bond acceptors (Lipinski definition) is 5. The largest absolute Gasteiger partial charge is 0.339 e. The fourth-order valence-corrected chi connectivity index (χ4v) is 2.69. The molecule has 1 aliphatic heterocycles. The van der Waals surface area contributed by atoms with Crippen LogP contribution in [0.15, 0.2) is 34.9 Å². The number of aromatic nitrogens is 2. The summed E-state index contributed by atoms with van der Waals surface area (Å²) >= 11 is 0. The van der Waals surface area contributed by atoms with Gasteiger partial charge in [-0.1, -0.05) is 35.5 Å². The molecule has 1 saturated heterocycles. The molecule has 0 radical (unpaired) electrons. The molecule has 0 N–H and O–H groups in total. The highest BCUT2D eigenvalue weighted by molar-refractivity contribution is 5.97. The Morgan fingerprint density at radius 3 is 2.67 bits per heavy atom. The highest BCUT2D eigenvalue weighted by Crippen LogP contribution is 2.39. The van der Waals surface area contributed by atoms with Gasteiger partial charge in [-0.3, -0.25) is 9.69 Å². The maximum atomic E-state index is 12.1. The van der Waals surface area contributed by atoms with Gasteiger partial charge in [0.2, 0.25) is 5.89 Å². The van der Waals surface area contributed by atoms with Gasteiger partial charge >= 0.3 is 0 Å². The van der Waals surface area contributed by atoms with Crippen LogP contribution in [-0.2, 0) is 0 Å². The second-order valence-electron chi connectivity index (χ2n) is 5.95. The lowest BCUT2D eigenvalue weighted by atomic mass is 9.99. The molecule has 4 rings (SSSR count). The van der Waals surface area contributed by atoms with E-state index < -0.39 is 0 Å². The lowest BCUT2D eigenvalue weighted by molar-refractivity contribution is 0.0802. The van der Waals surface area contributed by atoms with Crippen molar-refractivity contribution in [2.24, 2.45) is 0 Å². The smallest absolute Gasteiger partial charge is 0.232 e. The van der Waals surface area contributed by atoms with E-state index >= 15 is 0 Å². The maximum absolute atomic E-state index is 12.1. The zero-order valence-corrected chi connectivity index (χ0v) is 11.7. The first-order valence-electron chi connectivity index (χ1n) is 7.43. The molecule has 0 spiro atoms. The lowest BCUT2D eigenvalue weighted by Gasteiger charge is -2.36. The number of carbonyl (C=O) groups is 1. The molecule has 2 aliphatic rings. The molecule has 1 aromatic carbocycles. The van der Waals surface area contributed by atoms with Crippen LogP contribution in [0.1, 0.15) is 46.8 Å². The van der Waals surface area contributed by atoms with Crippen LogP contribution in [-0.4, -0.2) is 40.5 Å². The van der Waals surface area contributed by atoms with Crippen LogP contribution in [0, 0.1) is 0 Å². The van der Waals surface area contributed by atoms with Gasteiger partial charge < -0.3 is 4.52 Å². The van der Waals surface area contributed by atoms with Crippen molar-refractivity contribution in [2.75, 3.05) is 19.6 Å². The number of ketones is 1. The van der Waals surface area contributed by atoms with Gasteiger partial charge in [-0.2, -0.15) is 4.98 Å². The van der Waals surface area contributed by atoms with Gasteiger partial charge in [0, 0.05) is 24.6 Å². The summed E-state index contributed by atoms with van der Waals surface area (Å²) in [6, 6.07) is 9.43. The molecule has 0 unspecified atom stereocenters. The molecule has 2 aromatic rings. The van der Waals surface area contributed by atoms with Crippen LogP contribution >= 0.6 is 0 Å². The Morgan fingerprint density at radius 1 is 1.19 bits per heavy atom. The number of benzene rings is 1. The third kappa shape index (κ3) is 2.61. The zero-order valence-electron chi connectivity index (χ0n) is 11.7. The standard InChI is InChI=1S/C16H17N3O2/c20-14(11-4-2-1-3-5-11)10-19-8-13(9-19)16-17-15(18-21-16)12-6-7-12/h1-5,12-13H,6-10H2. The van der Waals surface area contributed by atoms with Gasteiger partial charge in [-0.15, -0.1) is 0 Å². The van der Waals surface area contributed by atoms with Gasteiger partial charge in [0.05, 0.1) is 12.5 Å². The molecular formula is C16H17N3O2. The van der Waals surface area contributed by atoms with Crippen LogP contribution in [0.3, 0.4) is 0 Å². The van der Waals surface area contributed by atoms with E-state index in [-0.39, 0.29) is 11.7 Å². The van der Waals surface area contributed by atoms with E-state index in [0.717, 1.165) is 30.4 Å². The molecule has 5 nitrogen and oxygen atoms in total. The van der Waals surface area contributed by atoms with Crippen molar-refractivity contribution in [2.45, 2.75) is 24.7 Å². The normalized spacial score (nSPS) is 19.4.